The summed E-state index contributed by atoms with van der Waals surface area (Å²) in [5.74, 6) is 1.48. The number of hydrogen-bond donors (Lipinski definition) is 2. The first kappa shape index (κ1) is 21.8. The van der Waals surface area contributed by atoms with Gasteiger partial charge in [-0.3, -0.25) is 9.79 Å². The van der Waals surface area contributed by atoms with E-state index in [-0.39, 0.29) is 12.3 Å². The summed E-state index contributed by atoms with van der Waals surface area (Å²) >= 11 is 6.19. The number of aryl methyl sites for hydroxylation is 1. The number of halogens is 1. The molecule has 1 fully saturated rings. The highest BCUT2D eigenvalue weighted by atomic mass is 35.5. The van der Waals surface area contributed by atoms with Gasteiger partial charge in [-0.2, -0.15) is 0 Å². The third kappa shape index (κ3) is 6.06. The fourth-order valence-electron chi connectivity index (χ4n) is 3.20. The van der Waals surface area contributed by atoms with E-state index < -0.39 is 0 Å². The second-order valence-electron chi connectivity index (χ2n) is 7.04. The Morgan fingerprint density at radius 2 is 1.93 bits per heavy atom. The summed E-state index contributed by atoms with van der Waals surface area (Å²) in [6.45, 7) is 8.44. The molecule has 0 bridgehead atoms. The molecule has 2 aromatic rings. The van der Waals surface area contributed by atoms with E-state index in [2.05, 4.69) is 35.4 Å². The maximum Gasteiger partial charge on any atom is 0.226 e. The quantitative estimate of drug-likeness (QED) is 0.542. The van der Waals surface area contributed by atoms with E-state index in [9.17, 15) is 4.79 Å². The van der Waals surface area contributed by atoms with Gasteiger partial charge in [-0.15, -0.1) is 0 Å². The van der Waals surface area contributed by atoms with Crippen LogP contribution < -0.4 is 15.5 Å². The molecule has 8 nitrogen and oxygen atoms in total. The van der Waals surface area contributed by atoms with Crippen molar-refractivity contribution in [1.29, 1.82) is 0 Å². The number of rotatable bonds is 6. The topological polar surface area (TPSA) is 85.8 Å². The average molecular weight is 430 g/mol. The largest absolute Gasteiger partial charge is 0.357 e. The molecule has 30 heavy (non-hydrogen) atoms. The van der Waals surface area contributed by atoms with Gasteiger partial charge in [0.15, 0.2) is 5.96 Å². The van der Waals surface area contributed by atoms with Crippen molar-refractivity contribution in [3.63, 3.8) is 0 Å². The lowest BCUT2D eigenvalue weighted by molar-refractivity contribution is -0.116. The number of carbonyl (C=O) groups is 1. The van der Waals surface area contributed by atoms with E-state index >= 15 is 0 Å². The Hall–Kier alpha value is -2.87. The molecular weight excluding hydrogens is 402 g/mol. The molecule has 2 N–H and O–H groups in total. The Balaban J connectivity index is 1.51. The molecule has 1 aliphatic heterocycles. The molecule has 1 aromatic carbocycles. The molecule has 0 radical (unpaired) electrons. The number of guanidine groups is 1. The van der Waals surface area contributed by atoms with E-state index in [1.165, 1.54) is 0 Å². The fourth-order valence-corrected chi connectivity index (χ4v) is 3.48. The van der Waals surface area contributed by atoms with Gasteiger partial charge in [0.25, 0.3) is 0 Å². The number of piperazine rings is 1. The lowest BCUT2D eigenvalue weighted by Gasteiger charge is -2.36. The molecule has 1 aliphatic rings. The Morgan fingerprint density at radius 3 is 2.60 bits per heavy atom. The van der Waals surface area contributed by atoms with Gasteiger partial charge in [-0.25, -0.2) is 9.97 Å². The normalized spacial score (nSPS) is 14.6. The highest BCUT2D eigenvalue weighted by Crippen LogP contribution is 2.22. The number of anilines is 2. The number of aliphatic imine (C=N–C) groups is 1. The molecule has 0 saturated carbocycles. The summed E-state index contributed by atoms with van der Waals surface area (Å²) in [6, 6.07) is 7.39. The van der Waals surface area contributed by atoms with Gasteiger partial charge in [0.2, 0.25) is 11.9 Å². The first-order chi connectivity index (χ1) is 14.6. The zero-order valence-corrected chi connectivity index (χ0v) is 18.2. The molecule has 0 aliphatic carbocycles. The van der Waals surface area contributed by atoms with Crippen LogP contribution in [0.4, 0.5) is 11.6 Å². The highest BCUT2D eigenvalue weighted by Gasteiger charge is 2.21. The number of hydrogen-bond acceptors (Lipinski definition) is 5. The standard InChI is InChI=1S/C21H28ClN7O/c1-3-23-20(28-11-13-29(14-12-28)21-24-8-4-9-25-21)26-10-7-19(30)27-18-6-5-16(2)15-17(18)22/h4-6,8-9,15H,3,7,10-14H2,1-2H3,(H,23,26)(H,27,30). The summed E-state index contributed by atoms with van der Waals surface area (Å²) < 4.78 is 0. The maximum atomic E-state index is 12.3. The van der Waals surface area contributed by atoms with Gasteiger partial charge in [-0.1, -0.05) is 17.7 Å². The van der Waals surface area contributed by atoms with Crippen LogP contribution in [-0.4, -0.2) is 66.0 Å². The molecule has 1 aromatic heterocycles. The number of nitrogens with one attached hydrogen (secondary N) is 2. The third-order valence-electron chi connectivity index (χ3n) is 4.75. The monoisotopic (exact) mass is 429 g/mol. The van der Waals surface area contributed by atoms with Gasteiger partial charge in [-0.05, 0) is 37.6 Å². The Bertz CT molecular complexity index is 867. The van der Waals surface area contributed by atoms with Gasteiger partial charge >= 0.3 is 0 Å². The van der Waals surface area contributed by atoms with Gasteiger partial charge in [0.1, 0.15) is 0 Å². The van der Waals surface area contributed by atoms with Crippen molar-refractivity contribution in [2.45, 2.75) is 20.3 Å². The molecule has 160 valence electrons. The van der Waals surface area contributed by atoms with Gasteiger partial charge in [0, 0.05) is 51.5 Å². The minimum atomic E-state index is -0.105. The first-order valence-corrected chi connectivity index (χ1v) is 10.6. The molecule has 0 unspecified atom stereocenters. The minimum absolute atomic E-state index is 0.105. The van der Waals surface area contributed by atoms with Crippen LogP contribution in [0.3, 0.4) is 0 Å². The Kier molecular flexibility index (Phi) is 7.84. The van der Waals surface area contributed by atoms with Gasteiger partial charge in [0.05, 0.1) is 17.3 Å². The van der Waals surface area contributed by atoms with Crippen LogP contribution in [0.25, 0.3) is 0 Å². The van der Waals surface area contributed by atoms with E-state index in [1.807, 2.05) is 38.1 Å². The van der Waals surface area contributed by atoms with Crippen molar-refractivity contribution in [2.75, 3.05) is 49.5 Å². The Labute approximate surface area is 182 Å². The van der Waals surface area contributed by atoms with Gasteiger partial charge < -0.3 is 20.4 Å². The second kappa shape index (κ2) is 10.8. The van der Waals surface area contributed by atoms with Crippen LogP contribution in [0.15, 0.2) is 41.7 Å². The predicted octanol–water partition coefficient (Wildman–Crippen LogP) is 2.55. The SMILES string of the molecule is CCNC(=NCCC(=O)Nc1ccc(C)cc1Cl)N1CCN(c2ncccn2)CC1. The molecule has 2 heterocycles. The highest BCUT2D eigenvalue weighted by molar-refractivity contribution is 6.33. The summed E-state index contributed by atoms with van der Waals surface area (Å²) in [5.41, 5.74) is 1.68. The molecule has 0 spiro atoms. The van der Waals surface area contributed by atoms with E-state index in [1.54, 1.807) is 12.4 Å². The van der Waals surface area contributed by atoms with Crippen LogP contribution in [0.1, 0.15) is 18.9 Å². The van der Waals surface area contributed by atoms with Crippen molar-refractivity contribution in [2.24, 2.45) is 4.99 Å². The predicted molar refractivity (Wildman–Crippen MR) is 121 cm³/mol. The van der Waals surface area contributed by atoms with Crippen LogP contribution in [0.5, 0.6) is 0 Å². The second-order valence-corrected chi connectivity index (χ2v) is 7.45. The summed E-state index contributed by atoms with van der Waals surface area (Å²) in [7, 11) is 0. The van der Waals surface area contributed by atoms with Crippen LogP contribution in [-0.2, 0) is 4.79 Å². The molecule has 3 rings (SSSR count). The fraction of sp³-hybridized carbons (Fsp3) is 0.429. The zero-order chi connectivity index (χ0) is 21.3. The van der Waals surface area contributed by atoms with Crippen molar-refractivity contribution in [3.8, 4) is 0 Å². The van der Waals surface area contributed by atoms with E-state index in [0.717, 1.165) is 50.2 Å². The van der Waals surface area contributed by atoms with Crippen molar-refractivity contribution in [1.82, 2.24) is 20.2 Å². The number of amides is 1. The van der Waals surface area contributed by atoms with E-state index in [0.29, 0.717) is 17.3 Å². The lowest BCUT2D eigenvalue weighted by atomic mass is 10.2. The third-order valence-corrected chi connectivity index (χ3v) is 5.06. The molecule has 9 heteroatoms. The summed E-state index contributed by atoms with van der Waals surface area (Å²) in [4.78, 5) is 29.9. The number of benzene rings is 1. The minimum Gasteiger partial charge on any atom is -0.357 e. The summed E-state index contributed by atoms with van der Waals surface area (Å²) in [6.07, 6.45) is 3.81. The smallest absolute Gasteiger partial charge is 0.226 e. The molecule has 1 amide bonds. The zero-order valence-electron chi connectivity index (χ0n) is 17.4. The molecule has 1 saturated heterocycles. The van der Waals surface area contributed by atoms with Crippen LogP contribution in [0.2, 0.25) is 5.02 Å². The Morgan fingerprint density at radius 1 is 1.20 bits per heavy atom. The van der Waals surface area contributed by atoms with Crippen molar-refractivity contribution in [3.05, 3.63) is 47.2 Å². The van der Waals surface area contributed by atoms with Crippen molar-refractivity contribution >= 4 is 35.1 Å². The van der Waals surface area contributed by atoms with E-state index in [4.69, 9.17) is 11.6 Å². The average Bonchev–Trinajstić information content (AvgIpc) is 2.76. The maximum absolute atomic E-state index is 12.3. The van der Waals surface area contributed by atoms with Crippen LogP contribution in [0, 0.1) is 6.92 Å². The number of nitrogens with zero attached hydrogens (tertiary/aromatic N) is 5. The van der Waals surface area contributed by atoms with Crippen molar-refractivity contribution < 1.29 is 4.79 Å². The lowest BCUT2D eigenvalue weighted by Crippen LogP contribution is -2.53. The molecular formula is C21H28ClN7O. The van der Waals surface area contributed by atoms with Crippen LogP contribution >= 0.6 is 11.6 Å². The summed E-state index contributed by atoms with van der Waals surface area (Å²) in [5, 5.41) is 6.71. The number of carbonyl (C=O) groups excluding carboxylic acids is 1. The number of aromatic nitrogens is 2. The first-order valence-electron chi connectivity index (χ1n) is 10.2. The molecule has 0 atom stereocenters.